The number of aliphatic hydroxyl groups excluding tert-OH is 1. The van der Waals surface area contributed by atoms with Crippen LogP contribution in [0.3, 0.4) is 0 Å². The molecular formula is C17H16N4O5S. The van der Waals surface area contributed by atoms with Gasteiger partial charge in [-0.1, -0.05) is 12.1 Å². The Morgan fingerprint density at radius 1 is 1.15 bits per heavy atom. The minimum atomic E-state index is -4.00. The van der Waals surface area contributed by atoms with Crippen molar-refractivity contribution in [3.8, 4) is 0 Å². The Bertz CT molecular complexity index is 1080. The Morgan fingerprint density at radius 3 is 2.56 bits per heavy atom. The summed E-state index contributed by atoms with van der Waals surface area (Å²) in [5.74, 6) is -1.69. The maximum Gasteiger partial charge on any atom is 0.277 e. The Morgan fingerprint density at radius 2 is 1.85 bits per heavy atom. The molecule has 9 nitrogen and oxygen atoms in total. The van der Waals surface area contributed by atoms with Gasteiger partial charge in [-0.25, -0.2) is 13.4 Å². The van der Waals surface area contributed by atoms with E-state index in [9.17, 15) is 23.1 Å². The fraction of sp³-hybridized carbons (Fsp3) is 0.118. The average molecular weight is 388 g/mol. The second-order valence-electron chi connectivity index (χ2n) is 5.63. The number of nitrogens with zero attached hydrogens (tertiary/aromatic N) is 2. The first-order valence-corrected chi connectivity index (χ1v) is 9.22. The molecule has 0 atom stereocenters. The van der Waals surface area contributed by atoms with Gasteiger partial charge in [-0.2, -0.15) is 0 Å². The molecule has 0 fully saturated rings. The maximum absolute atomic E-state index is 12.7. The number of hydrogen-bond donors (Lipinski definition) is 3. The van der Waals surface area contributed by atoms with E-state index in [1.165, 1.54) is 50.6 Å². The number of anilines is 1. The Kier molecular flexibility index (Phi) is 4.58. The molecule has 1 aliphatic heterocycles. The number of hydrogen-bond acceptors (Lipinski definition) is 6. The summed E-state index contributed by atoms with van der Waals surface area (Å²) >= 11 is 0. The van der Waals surface area contributed by atoms with E-state index >= 15 is 0 Å². The summed E-state index contributed by atoms with van der Waals surface area (Å²) in [5.41, 5.74) is -0.148. The molecule has 27 heavy (non-hydrogen) atoms. The number of carbonyl (C=O) groups is 2. The number of aromatic nitrogens is 1. The molecule has 0 aliphatic carbocycles. The number of benzene rings is 1. The second-order valence-corrected chi connectivity index (χ2v) is 7.57. The smallest absolute Gasteiger partial charge is 0.277 e. The lowest BCUT2D eigenvalue weighted by atomic mass is 10.1. The largest absolute Gasteiger partial charge is 0.505 e. The molecule has 2 aromatic rings. The van der Waals surface area contributed by atoms with Gasteiger partial charge in [-0.3, -0.25) is 13.9 Å². The third kappa shape index (κ3) is 3.10. The zero-order valence-corrected chi connectivity index (χ0v) is 15.2. The summed E-state index contributed by atoms with van der Waals surface area (Å²) in [6, 6.07) is 8.63. The van der Waals surface area contributed by atoms with Gasteiger partial charge >= 0.3 is 0 Å². The number of nitrogens with one attached hydrogen (secondary N) is 2. The van der Waals surface area contributed by atoms with Gasteiger partial charge in [0.25, 0.3) is 21.8 Å². The van der Waals surface area contributed by atoms with Crippen LogP contribution in [0.5, 0.6) is 0 Å². The topological polar surface area (TPSA) is 129 Å². The third-order valence-corrected chi connectivity index (χ3v) is 5.84. The van der Waals surface area contributed by atoms with Crippen molar-refractivity contribution in [1.29, 1.82) is 0 Å². The quantitative estimate of drug-likeness (QED) is 0.718. The molecule has 0 spiro atoms. The third-order valence-electron chi connectivity index (χ3n) is 4.03. The zero-order chi connectivity index (χ0) is 19.8. The van der Waals surface area contributed by atoms with Crippen molar-refractivity contribution >= 4 is 33.4 Å². The van der Waals surface area contributed by atoms with Gasteiger partial charge < -0.3 is 15.7 Å². The summed E-state index contributed by atoms with van der Waals surface area (Å²) in [6.07, 6.45) is 1.32. The number of carbonyl (C=O) groups excluding carboxylic acids is 2. The number of pyridine rings is 1. The number of fused-ring (bicyclic) bond motifs is 1. The molecular weight excluding hydrogens is 372 g/mol. The van der Waals surface area contributed by atoms with E-state index in [1.807, 2.05) is 0 Å². The van der Waals surface area contributed by atoms with E-state index in [2.05, 4.69) is 15.6 Å². The molecule has 2 amide bonds. The summed E-state index contributed by atoms with van der Waals surface area (Å²) in [4.78, 5) is 28.2. The second kappa shape index (κ2) is 6.72. The van der Waals surface area contributed by atoms with E-state index in [1.54, 1.807) is 6.07 Å². The van der Waals surface area contributed by atoms with Gasteiger partial charge in [0.2, 0.25) is 0 Å². The highest BCUT2D eigenvalue weighted by molar-refractivity contribution is 7.89. The maximum atomic E-state index is 12.7. The van der Waals surface area contributed by atoms with Crippen molar-refractivity contribution in [2.45, 2.75) is 4.90 Å². The van der Waals surface area contributed by atoms with E-state index in [4.69, 9.17) is 0 Å². The predicted molar refractivity (Wildman–Crippen MR) is 97.2 cm³/mol. The Balaban J connectivity index is 2.01. The summed E-state index contributed by atoms with van der Waals surface area (Å²) in [6.45, 7) is 0. The fourth-order valence-electron chi connectivity index (χ4n) is 2.64. The first-order valence-electron chi connectivity index (χ1n) is 7.78. The Hall–Kier alpha value is -3.40. The van der Waals surface area contributed by atoms with Crippen molar-refractivity contribution in [1.82, 2.24) is 14.6 Å². The number of likely N-dealkylation sites (N-methyl/N-ethyl adjacent to an activating group) is 1. The molecule has 0 radical (unpaired) electrons. The number of sulfonamides is 1. The lowest BCUT2D eigenvalue weighted by Crippen LogP contribution is -2.37. The van der Waals surface area contributed by atoms with Crippen LogP contribution in [-0.2, 0) is 14.8 Å². The summed E-state index contributed by atoms with van der Waals surface area (Å²) in [7, 11) is -1.36. The molecule has 1 aliphatic rings. The van der Waals surface area contributed by atoms with E-state index in [-0.39, 0.29) is 27.7 Å². The van der Waals surface area contributed by atoms with Crippen molar-refractivity contribution < 1.29 is 23.1 Å². The minimum Gasteiger partial charge on any atom is -0.505 e. The van der Waals surface area contributed by atoms with Crippen LogP contribution in [0.15, 0.2) is 53.2 Å². The van der Waals surface area contributed by atoms with E-state index < -0.39 is 27.4 Å². The fourth-order valence-corrected chi connectivity index (χ4v) is 4.04. The zero-order valence-electron chi connectivity index (χ0n) is 14.4. The Labute approximate surface area is 155 Å². The standard InChI is InChI=1S/C17H16N4O5S/c1-18-16(23)10-7-8-19-13(9-10)20-17(24)14-15(22)11-5-3-4-6-12(11)27(25,26)21(14)2/h3-9,22H,1-2H3,(H,18,23)(H,19,20,24). The van der Waals surface area contributed by atoms with Gasteiger partial charge in [0.15, 0.2) is 11.5 Å². The highest BCUT2D eigenvalue weighted by atomic mass is 32.2. The molecule has 0 unspecified atom stereocenters. The van der Waals surface area contributed by atoms with Crippen LogP contribution < -0.4 is 10.6 Å². The van der Waals surface area contributed by atoms with Crippen molar-refractivity contribution in [3.05, 3.63) is 59.4 Å². The normalized spacial score (nSPS) is 15.1. The van der Waals surface area contributed by atoms with Crippen LogP contribution in [0.25, 0.3) is 5.76 Å². The lowest BCUT2D eigenvalue weighted by molar-refractivity contribution is -0.113. The van der Waals surface area contributed by atoms with Gasteiger partial charge in [-0.05, 0) is 24.3 Å². The molecule has 10 heteroatoms. The number of aliphatic hydroxyl groups is 1. The predicted octanol–water partition coefficient (Wildman–Crippen LogP) is 0.941. The first kappa shape index (κ1) is 18.4. The SMILES string of the molecule is CNC(=O)c1ccnc(NC(=O)C2=C(O)c3ccccc3S(=O)(=O)N2C)c1. The average Bonchev–Trinajstić information content (AvgIpc) is 2.66. The molecule has 2 heterocycles. The van der Waals surface area contributed by atoms with Crippen molar-refractivity contribution in [3.63, 3.8) is 0 Å². The van der Waals surface area contributed by atoms with Crippen LogP contribution >= 0.6 is 0 Å². The summed E-state index contributed by atoms with van der Waals surface area (Å²) in [5, 5.41) is 15.3. The van der Waals surface area contributed by atoms with Gasteiger partial charge in [0.1, 0.15) is 5.82 Å². The number of amides is 2. The van der Waals surface area contributed by atoms with Gasteiger partial charge in [0.05, 0.1) is 4.90 Å². The van der Waals surface area contributed by atoms with Gasteiger partial charge in [-0.15, -0.1) is 0 Å². The van der Waals surface area contributed by atoms with E-state index in [0.29, 0.717) is 4.31 Å². The van der Waals surface area contributed by atoms with Gasteiger partial charge in [0, 0.05) is 31.4 Å². The lowest BCUT2D eigenvalue weighted by Gasteiger charge is -2.28. The van der Waals surface area contributed by atoms with Crippen LogP contribution in [-0.4, -0.2) is 48.7 Å². The van der Waals surface area contributed by atoms with Crippen LogP contribution in [0.2, 0.25) is 0 Å². The van der Waals surface area contributed by atoms with Crippen molar-refractivity contribution in [2.75, 3.05) is 19.4 Å². The van der Waals surface area contributed by atoms with Crippen molar-refractivity contribution in [2.24, 2.45) is 0 Å². The van der Waals surface area contributed by atoms with E-state index in [0.717, 1.165) is 0 Å². The monoisotopic (exact) mass is 388 g/mol. The molecule has 3 N–H and O–H groups in total. The molecule has 140 valence electrons. The molecule has 0 saturated heterocycles. The minimum absolute atomic E-state index is 0.0334. The molecule has 3 rings (SSSR count). The van der Waals surface area contributed by atoms with Crippen LogP contribution in [0.4, 0.5) is 5.82 Å². The highest BCUT2D eigenvalue weighted by Gasteiger charge is 2.37. The van der Waals surface area contributed by atoms with Crippen LogP contribution in [0.1, 0.15) is 15.9 Å². The van der Waals surface area contributed by atoms with Crippen LogP contribution in [0, 0.1) is 0 Å². The molecule has 0 saturated carbocycles. The first-order chi connectivity index (χ1) is 12.8. The molecule has 1 aromatic heterocycles. The molecule has 0 bridgehead atoms. The summed E-state index contributed by atoms with van der Waals surface area (Å²) < 4.78 is 26.0. The highest BCUT2D eigenvalue weighted by Crippen LogP contribution is 2.34. The number of rotatable bonds is 3. The molecule has 1 aromatic carbocycles.